The van der Waals surface area contributed by atoms with Crippen LogP contribution in [0.4, 0.5) is 0 Å². The van der Waals surface area contributed by atoms with Crippen LogP contribution in [0, 0.1) is 13.8 Å². The lowest BCUT2D eigenvalue weighted by Crippen LogP contribution is -2.50. The molecule has 1 atom stereocenters. The Morgan fingerprint density at radius 1 is 1.11 bits per heavy atom. The van der Waals surface area contributed by atoms with E-state index in [2.05, 4.69) is 41.4 Å². The van der Waals surface area contributed by atoms with Crippen molar-refractivity contribution < 1.29 is 14.3 Å². The van der Waals surface area contributed by atoms with Crippen molar-refractivity contribution in [2.24, 2.45) is 0 Å². The number of nitrogens with one attached hydrogen (secondary N) is 1. The Morgan fingerprint density at radius 3 is 2.57 bits per heavy atom. The van der Waals surface area contributed by atoms with Crippen LogP contribution < -0.4 is 10.1 Å². The molecule has 0 saturated carbocycles. The summed E-state index contributed by atoms with van der Waals surface area (Å²) in [6.45, 7) is 8.01. The quantitative estimate of drug-likeness (QED) is 0.763. The summed E-state index contributed by atoms with van der Waals surface area (Å²) in [4.78, 5) is 14.7. The highest BCUT2D eigenvalue weighted by atomic mass is 16.5. The molecule has 0 bridgehead atoms. The molecule has 0 aliphatic carbocycles. The second-order valence-electron chi connectivity index (χ2n) is 7.33. The first kappa shape index (κ1) is 20.4. The molecule has 150 valence electrons. The van der Waals surface area contributed by atoms with Crippen LogP contribution >= 0.6 is 0 Å². The van der Waals surface area contributed by atoms with E-state index in [9.17, 15) is 4.79 Å². The first-order valence-corrected chi connectivity index (χ1v) is 9.94. The molecule has 1 saturated heterocycles. The maximum absolute atomic E-state index is 12.3. The molecule has 1 aliphatic rings. The molecular weight excluding hydrogens is 352 g/mol. The molecule has 3 rings (SSSR count). The monoisotopic (exact) mass is 382 g/mol. The standard InChI is InChI=1S/C23H30N2O3/c1-18-8-9-22(14-19(18)2)28-17-23(26)24-16-21(25-10-12-27-13-11-25)15-20-6-4-3-5-7-20/h3-9,14,21H,10-13,15-17H2,1-2H3,(H,24,26). The van der Waals surface area contributed by atoms with Crippen molar-refractivity contribution in [3.05, 3.63) is 65.2 Å². The van der Waals surface area contributed by atoms with Crippen LogP contribution in [0.3, 0.4) is 0 Å². The van der Waals surface area contributed by atoms with E-state index in [1.807, 2.05) is 31.2 Å². The number of nitrogens with zero attached hydrogens (tertiary/aromatic N) is 1. The first-order chi connectivity index (χ1) is 13.6. The van der Waals surface area contributed by atoms with E-state index in [1.54, 1.807) is 0 Å². The van der Waals surface area contributed by atoms with Crippen LogP contribution in [0.5, 0.6) is 5.75 Å². The molecule has 5 heteroatoms. The average Bonchev–Trinajstić information content (AvgIpc) is 2.73. The molecule has 28 heavy (non-hydrogen) atoms. The van der Waals surface area contributed by atoms with Gasteiger partial charge in [0.05, 0.1) is 13.2 Å². The number of morpholine rings is 1. The molecule has 0 radical (unpaired) electrons. The van der Waals surface area contributed by atoms with Gasteiger partial charge in [0.25, 0.3) is 5.91 Å². The van der Waals surface area contributed by atoms with E-state index in [4.69, 9.17) is 9.47 Å². The Hall–Kier alpha value is -2.37. The zero-order valence-corrected chi connectivity index (χ0v) is 16.8. The fourth-order valence-electron chi connectivity index (χ4n) is 3.39. The minimum absolute atomic E-state index is 0.0314. The molecule has 1 aliphatic heterocycles. The fourth-order valence-corrected chi connectivity index (χ4v) is 3.39. The van der Waals surface area contributed by atoms with Crippen LogP contribution in [0.2, 0.25) is 0 Å². The van der Waals surface area contributed by atoms with Gasteiger partial charge in [-0.25, -0.2) is 0 Å². The van der Waals surface area contributed by atoms with Gasteiger partial charge in [-0.2, -0.15) is 0 Å². The van der Waals surface area contributed by atoms with Crippen LogP contribution in [-0.4, -0.2) is 56.3 Å². The lowest BCUT2D eigenvalue weighted by molar-refractivity contribution is -0.123. The van der Waals surface area contributed by atoms with Crippen molar-refractivity contribution >= 4 is 5.91 Å². The lowest BCUT2D eigenvalue weighted by Gasteiger charge is -2.34. The van der Waals surface area contributed by atoms with Gasteiger partial charge in [0.1, 0.15) is 5.75 Å². The van der Waals surface area contributed by atoms with Crippen molar-refractivity contribution in [1.82, 2.24) is 10.2 Å². The van der Waals surface area contributed by atoms with Crippen LogP contribution in [0.1, 0.15) is 16.7 Å². The van der Waals surface area contributed by atoms with Crippen LogP contribution in [0.25, 0.3) is 0 Å². The predicted octanol–water partition coefficient (Wildman–Crippen LogP) is 2.74. The van der Waals surface area contributed by atoms with Crippen molar-refractivity contribution in [3.8, 4) is 5.75 Å². The summed E-state index contributed by atoms with van der Waals surface area (Å²) in [5, 5.41) is 3.05. The number of benzene rings is 2. The van der Waals surface area contributed by atoms with Gasteiger partial charge < -0.3 is 14.8 Å². The van der Waals surface area contributed by atoms with E-state index in [1.165, 1.54) is 11.1 Å². The van der Waals surface area contributed by atoms with E-state index >= 15 is 0 Å². The topological polar surface area (TPSA) is 50.8 Å². The fraction of sp³-hybridized carbons (Fsp3) is 0.435. The van der Waals surface area contributed by atoms with Gasteiger partial charge in [-0.1, -0.05) is 36.4 Å². The van der Waals surface area contributed by atoms with Gasteiger partial charge in [0, 0.05) is 25.7 Å². The molecule has 0 spiro atoms. The highest BCUT2D eigenvalue weighted by Gasteiger charge is 2.22. The number of hydrogen-bond acceptors (Lipinski definition) is 4. The van der Waals surface area contributed by atoms with Crippen molar-refractivity contribution in [3.63, 3.8) is 0 Å². The lowest BCUT2D eigenvalue weighted by atomic mass is 10.0. The maximum atomic E-state index is 12.3. The number of hydrogen-bond donors (Lipinski definition) is 1. The molecule has 0 aromatic heterocycles. The normalized spacial score (nSPS) is 15.8. The van der Waals surface area contributed by atoms with E-state index < -0.39 is 0 Å². The van der Waals surface area contributed by atoms with Gasteiger partial charge in [-0.3, -0.25) is 9.69 Å². The summed E-state index contributed by atoms with van der Waals surface area (Å²) in [6, 6.07) is 16.5. The number of carbonyl (C=O) groups is 1. The smallest absolute Gasteiger partial charge is 0.257 e. The van der Waals surface area contributed by atoms with Crippen LogP contribution in [0.15, 0.2) is 48.5 Å². The molecule has 2 aromatic rings. The number of carbonyl (C=O) groups excluding carboxylic acids is 1. The Labute approximate surface area is 167 Å². The van der Waals surface area contributed by atoms with Crippen LogP contribution in [-0.2, 0) is 16.0 Å². The molecular formula is C23H30N2O3. The molecule has 1 unspecified atom stereocenters. The third-order valence-electron chi connectivity index (χ3n) is 5.26. The Morgan fingerprint density at radius 2 is 1.86 bits per heavy atom. The summed E-state index contributed by atoms with van der Waals surface area (Å²) in [7, 11) is 0. The summed E-state index contributed by atoms with van der Waals surface area (Å²) >= 11 is 0. The Kier molecular flexibility index (Phi) is 7.46. The summed E-state index contributed by atoms with van der Waals surface area (Å²) in [5.41, 5.74) is 3.65. The van der Waals surface area contributed by atoms with E-state index in [-0.39, 0.29) is 18.6 Å². The Balaban J connectivity index is 1.52. The molecule has 2 aromatic carbocycles. The number of rotatable bonds is 8. The number of amides is 1. The predicted molar refractivity (Wildman–Crippen MR) is 111 cm³/mol. The second kappa shape index (κ2) is 10.2. The molecule has 1 N–H and O–H groups in total. The van der Waals surface area contributed by atoms with Crippen molar-refractivity contribution in [2.75, 3.05) is 39.5 Å². The van der Waals surface area contributed by atoms with Gasteiger partial charge in [0.15, 0.2) is 6.61 Å². The highest BCUT2D eigenvalue weighted by Crippen LogP contribution is 2.16. The van der Waals surface area contributed by atoms with Crippen molar-refractivity contribution in [1.29, 1.82) is 0 Å². The SMILES string of the molecule is Cc1ccc(OCC(=O)NCC(Cc2ccccc2)N2CCOCC2)cc1C. The number of aryl methyl sites for hydroxylation is 2. The summed E-state index contributed by atoms with van der Waals surface area (Å²) < 4.78 is 11.1. The maximum Gasteiger partial charge on any atom is 0.257 e. The summed E-state index contributed by atoms with van der Waals surface area (Å²) in [5.74, 6) is 0.636. The first-order valence-electron chi connectivity index (χ1n) is 9.94. The summed E-state index contributed by atoms with van der Waals surface area (Å²) in [6.07, 6.45) is 0.902. The molecule has 5 nitrogen and oxygen atoms in total. The zero-order chi connectivity index (χ0) is 19.8. The third-order valence-corrected chi connectivity index (χ3v) is 5.26. The minimum atomic E-state index is -0.0930. The van der Waals surface area contributed by atoms with Crippen molar-refractivity contribution in [2.45, 2.75) is 26.3 Å². The van der Waals surface area contributed by atoms with Gasteiger partial charge in [0.2, 0.25) is 0 Å². The van der Waals surface area contributed by atoms with Gasteiger partial charge in [-0.05, 0) is 49.1 Å². The van der Waals surface area contributed by atoms with E-state index in [0.717, 1.165) is 44.0 Å². The third kappa shape index (κ3) is 6.08. The van der Waals surface area contributed by atoms with Gasteiger partial charge in [-0.15, -0.1) is 0 Å². The Bertz CT molecular complexity index is 758. The highest BCUT2D eigenvalue weighted by molar-refractivity contribution is 5.77. The molecule has 1 amide bonds. The minimum Gasteiger partial charge on any atom is -0.484 e. The largest absolute Gasteiger partial charge is 0.484 e. The van der Waals surface area contributed by atoms with E-state index in [0.29, 0.717) is 6.54 Å². The average molecular weight is 383 g/mol. The zero-order valence-electron chi connectivity index (χ0n) is 16.8. The van der Waals surface area contributed by atoms with Gasteiger partial charge >= 0.3 is 0 Å². The number of ether oxygens (including phenoxy) is 2. The molecule has 1 fully saturated rings. The second-order valence-corrected chi connectivity index (χ2v) is 7.33. The molecule has 1 heterocycles.